The van der Waals surface area contributed by atoms with E-state index in [9.17, 15) is 33.1 Å². The van der Waals surface area contributed by atoms with Crippen molar-refractivity contribution in [1.29, 1.82) is 0 Å². The molecule has 6 atom stereocenters. The number of hydrogen-bond donors (Lipinski definition) is 4. The number of allylic oxidation sites excluding steroid dienone is 8. The van der Waals surface area contributed by atoms with Crippen molar-refractivity contribution in [2.75, 3.05) is 26.4 Å². The highest BCUT2D eigenvalue weighted by Crippen LogP contribution is 2.26. The lowest BCUT2D eigenvalue weighted by atomic mass is 9.99. The summed E-state index contributed by atoms with van der Waals surface area (Å²) in [6, 6.07) is 0. The maximum atomic E-state index is 13.0. The number of aliphatic hydroxyl groups is 3. The van der Waals surface area contributed by atoms with Crippen molar-refractivity contribution in [2.24, 2.45) is 0 Å². The number of carbonyl (C=O) groups is 1. The van der Waals surface area contributed by atoms with E-state index in [-0.39, 0.29) is 19.6 Å². The number of unbranched alkanes of at least 4 members (excludes halogenated alkanes) is 29. The molecule has 0 aromatic rings. The highest BCUT2D eigenvalue weighted by molar-refractivity contribution is 7.80. The molecule has 1 aliphatic heterocycles. The molecule has 1 rings (SSSR count). The van der Waals surface area contributed by atoms with E-state index in [4.69, 9.17) is 18.9 Å². The van der Waals surface area contributed by atoms with Crippen LogP contribution in [-0.4, -0.2) is 97.5 Å². The van der Waals surface area contributed by atoms with E-state index in [1.54, 1.807) is 0 Å². The first-order valence-corrected chi connectivity index (χ1v) is 29.8. The Labute approximate surface area is 427 Å². The predicted octanol–water partition coefficient (Wildman–Crippen LogP) is 13.9. The molecule has 0 saturated carbocycles. The van der Waals surface area contributed by atoms with Gasteiger partial charge >= 0.3 is 16.4 Å². The first-order valence-electron chi connectivity index (χ1n) is 28.4. The molecule has 0 aliphatic carbocycles. The number of hydrogen-bond acceptors (Lipinski definition) is 11. The Morgan fingerprint density at radius 1 is 0.543 bits per heavy atom. The Morgan fingerprint density at radius 3 is 1.41 bits per heavy atom. The van der Waals surface area contributed by atoms with Crippen LogP contribution < -0.4 is 0 Å². The van der Waals surface area contributed by atoms with E-state index < -0.39 is 59.8 Å². The number of ether oxygens (including phenoxy) is 4. The monoisotopic (exact) mass is 1010 g/mol. The molecule has 1 saturated heterocycles. The van der Waals surface area contributed by atoms with Gasteiger partial charge in [-0.25, -0.2) is 4.18 Å². The smallest absolute Gasteiger partial charge is 0.397 e. The largest absolute Gasteiger partial charge is 0.457 e. The summed E-state index contributed by atoms with van der Waals surface area (Å²) in [4.78, 5) is 13.0. The Bertz CT molecular complexity index is 1400. The summed E-state index contributed by atoms with van der Waals surface area (Å²) in [5.74, 6) is -0.402. The average Bonchev–Trinajstić information content (AvgIpc) is 3.34. The molecule has 4 N–H and O–H groups in total. The van der Waals surface area contributed by atoms with Gasteiger partial charge in [-0.2, -0.15) is 8.42 Å². The lowest BCUT2D eigenvalue weighted by Crippen LogP contribution is -2.60. The third-order valence-electron chi connectivity index (χ3n) is 12.9. The third-order valence-corrected chi connectivity index (χ3v) is 13.4. The molecule has 0 aromatic carbocycles. The quantitative estimate of drug-likeness (QED) is 0.0196. The van der Waals surface area contributed by atoms with Gasteiger partial charge in [-0.1, -0.05) is 210 Å². The first-order chi connectivity index (χ1) is 34.1. The van der Waals surface area contributed by atoms with Crippen molar-refractivity contribution in [3.63, 3.8) is 0 Å². The van der Waals surface area contributed by atoms with Gasteiger partial charge in [0.1, 0.15) is 30.5 Å². The molecular weight excluding hydrogens is 909 g/mol. The van der Waals surface area contributed by atoms with Crippen molar-refractivity contribution >= 4 is 16.4 Å². The SMILES string of the molecule is CCCCC/C=C\C/C=C\C/C=C\CCCCCCCCCOCC(COC1OC(CO)C(O)C(OS(=O)(=O)O)C1O)OC(=O)CCCCCCCCCCCCC/C=C\CCCCCCCCCC. The van der Waals surface area contributed by atoms with Crippen LogP contribution >= 0.6 is 0 Å². The van der Waals surface area contributed by atoms with Crippen LogP contribution in [0.5, 0.6) is 0 Å². The second-order valence-electron chi connectivity index (χ2n) is 19.5. The van der Waals surface area contributed by atoms with Crippen LogP contribution in [0.4, 0.5) is 0 Å². The zero-order chi connectivity index (χ0) is 51.0. The summed E-state index contributed by atoms with van der Waals surface area (Å²) in [5, 5.41) is 30.8. The average molecular weight is 1010 g/mol. The van der Waals surface area contributed by atoms with Gasteiger partial charge in [0.15, 0.2) is 6.29 Å². The van der Waals surface area contributed by atoms with E-state index in [0.29, 0.717) is 13.0 Å². The summed E-state index contributed by atoms with van der Waals surface area (Å²) < 4.78 is 59.4. The number of carbonyl (C=O) groups excluding carboxylic acids is 1. The van der Waals surface area contributed by atoms with Crippen molar-refractivity contribution in [1.82, 2.24) is 0 Å². The molecule has 6 unspecified atom stereocenters. The molecule has 410 valence electrons. The topological polar surface area (TPSA) is 178 Å². The second-order valence-corrected chi connectivity index (χ2v) is 20.6. The van der Waals surface area contributed by atoms with Crippen LogP contribution in [0.25, 0.3) is 0 Å². The van der Waals surface area contributed by atoms with Crippen LogP contribution in [0.3, 0.4) is 0 Å². The van der Waals surface area contributed by atoms with Gasteiger partial charge < -0.3 is 34.3 Å². The minimum atomic E-state index is -5.07. The van der Waals surface area contributed by atoms with Crippen LogP contribution in [-0.2, 0) is 38.3 Å². The molecule has 1 fully saturated rings. The van der Waals surface area contributed by atoms with Gasteiger partial charge in [-0.3, -0.25) is 9.35 Å². The van der Waals surface area contributed by atoms with E-state index in [2.05, 4.69) is 66.6 Å². The normalized spacial score (nSPS) is 19.4. The van der Waals surface area contributed by atoms with Crippen molar-refractivity contribution in [3.05, 3.63) is 48.6 Å². The van der Waals surface area contributed by atoms with Crippen molar-refractivity contribution in [3.8, 4) is 0 Å². The predicted molar refractivity (Wildman–Crippen MR) is 285 cm³/mol. The molecule has 0 radical (unpaired) electrons. The summed E-state index contributed by atoms with van der Waals surface area (Å²) >= 11 is 0. The summed E-state index contributed by atoms with van der Waals surface area (Å²) in [7, 11) is -5.07. The van der Waals surface area contributed by atoms with Gasteiger partial charge in [-0.15, -0.1) is 0 Å². The minimum absolute atomic E-state index is 0.0293. The molecule has 1 heterocycles. The highest BCUT2D eigenvalue weighted by atomic mass is 32.3. The van der Waals surface area contributed by atoms with Gasteiger partial charge in [0.05, 0.1) is 19.8 Å². The molecular formula is C57H104O12S. The third kappa shape index (κ3) is 40.5. The van der Waals surface area contributed by atoms with E-state index >= 15 is 0 Å². The Kier molecular flexibility index (Phi) is 45.3. The van der Waals surface area contributed by atoms with Crippen molar-refractivity contribution in [2.45, 2.75) is 282 Å². The molecule has 13 heteroatoms. The van der Waals surface area contributed by atoms with Crippen LogP contribution in [0.15, 0.2) is 48.6 Å². The lowest BCUT2D eigenvalue weighted by molar-refractivity contribution is -0.301. The molecule has 0 amide bonds. The van der Waals surface area contributed by atoms with Gasteiger partial charge in [-0.05, 0) is 77.0 Å². The first kappa shape index (κ1) is 66.1. The fraction of sp³-hybridized carbons (Fsp3) is 0.842. The second kappa shape index (κ2) is 48.0. The van der Waals surface area contributed by atoms with E-state index in [0.717, 1.165) is 57.8 Å². The van der Waals surface area contributed by atoms with Gasteiger partial charge in [0, 0.05) is 13.0 Å². The van der Waals surface area contributed by atoms with Crippen LogP contribution in [0.1, 0.15) is 245 Å². The van der Waals surface area contributed by atoms with E-state index in [1.807, 2.05) is 0 Å². The molecule has 0 aromatic heterocycles. The minimum Gasteiger partial charge on any atom is -0.457 e. The number of rotatable bonds is 50. The Hall–Kier alpha value is -1.94. The number of aliphatic hydroxyl groups excluding tert-OH is 3. The zero-order valence-electron chi connectivity index (χ0n) is 44.3. The number of esters is 1. The molecule has 0 bridgehead atoms. The standard InChI is InChI=1S/C57H104O12S/c1-3-5-7-9-11-13-15-17-19-21-23-25-26-27-28-30-32-34-36-38-40-42-44-46-53(59)67-51(50-66-57-55(61)56(69-70(62,63)64)54(60)52(48-58)68-57)49-65-47-45-43-41-39-37-35-33-31-29-24-22-20-18-16-14-12-10-8-6-4-2/h12,14,18,20-21,23-24,29,51-52,54-58,60-61H,3-11,13,15-17,19,22,25-28,30-50H2,1-2H3,(H,62,63,64)/b14-12-,20-18-,23-21-,29-24-. The maximum absolute atomic E-state index is 13.0. The maximum Gasteiger partial charge on any atom is 0.397 e. The van der Waals surface area contributed by atoms with Crippen molar-refractivity contribution < 1.29 is 56.2 Å². The molecule has 12 nitrogen and oxygen atoms in total. The van der Waals surface area contributed by atoms with Gasteiger partial charge in [0.25, 0.3) is 0 Å². The summed E-state index contributed by atoms with van der Waals surface area (Å²) in [6.07, 6.45) is 51.4. The lowest BCUT2D eigenvalue weighted by Gasteiger charge is -2.41. The van der Waals surface area contributed by atoms with Gasteiger partial charge in [0.2, 0.25) is 0 Å². The zero-order valence-corrected chi connectivity index (χ0v) is 45.1. The Morgan fingerprint density at radius 2 is 0.943 bits per heavy atom. The fourth-order valence-corrected chi connectivity index (χ4v) is 9.13. The van der Waals surface area contributed by atoms with E-state index in [1.165, 1.54) is 161 Å². The molecule has 0 spiro atoms. The fourth-order valence-electron chi connectivity index (χ4n) is 8.62. The summed E-state index contributed by atoms with van der Waals surface area (Å²) in [5.41, 5.74) is 0. The summed E-state index contributed by atoms with van der Waals surface area (Å²) in [6.45, 7) is 3.97. The van der Waals surface area contributed by atoms with Crippen LogP contribution in [0, 0.1) is 0 Å². The molecule has 1 aliphatic rings. The Balaban J connectivity index is 2.32. The highest BCUT2D eigenvalue weighted by Gasteiger charge is 2.48. The molecule has 70 heavy (non-hydrogen) atoms. The van der Waals surface area contributed by atoms with Crippen LogP contribution in [0.2, 0.25) is 0 Å².